The Morgan fingerprint density at radius 3 is 2.54 bits per heavy atom. The van der Waals surface area contributed by atoms with Crippen LogP contribution in [0.25, 0.3) is 0 Å². The Bertz CT molecular complexity index is 345. The van der Waals surface area contributed by atoms with E-state index in [1.807, 2.05) is 0 Å². The highest BCUT2D eigenvalue weighted by Gasteiger charge is 2.13. The van der Waals surface area contributed by atoms with E-state index in [1.165, 1.54) is 26.2 Å². The lowest BCUT2D eigenvalue weighted by Gasteiger charge is -2.08. The van der Waals surface area contributed by atoms with E-state index < -0.39 is 0 Å². The molecule has 1 aromatic carbocycles. The number of Topliss-reactive ketones (excluding diaryl/α,β-unsaturated/α-hetero) is 1. The van der Waals surface area contributed by atoms with Gasteiger partial charge in [-0.25, -0.2) is 4.39 Å². The molecule has 1 aromatic rings. The maximum absolute atomic E-state index is 13.0. The largest absolute Gasteiger partial charge is 0.496 e. The summed E-state index contributed by atoms with van der Waals surface area (Å²) >= 11 is 0. The van der Waals surface area contributed by atoms with Gasteiger partial charge in [-0.2, -0.15) is 0 Å². The van der Waals surface area contributed by atoms with Crippen LogP contribution in [0.5, 0.6) is 5.75 Å². The molecule has 0 saturated heterocycles. The molecule has 3 heteroatoms. The SMILES string of the molecule is COc1ccc(F)c(C)c1C(C)=O. The molecule has 0 saturated carbocycles. The number of hydrogen-bond donors (Lipinski definition) is 0. The number of carbonyl (C=O) groups excluding carboxylic acids is 1. The van der Waals surface area contributed by atoms with Gasteiger partial charge >= 0.3 is 0 Å². The lowest BCUT2D eigenvalue weighted by atomic mass is 10.0. The van der Waals surface area contributed by atoms with E-state index in [2.05, 4.69) is 0 Å². The normalized spacial score (nSPS) is 9.85. The molecule has 0 spiro atoms. The zero-order valence-corrected chi connectivity index (χ0v) is 7.85. The van der Waals surface area contributed by atoms with E-state index in [4.69, 9.17) is 4.74 Å². The Labute approximate surface area is 76.3 Å². The molecule has 0 radical (unpaired) electrons. The average molecular weight is 182 g/mol. The summed E-state index contributed by atoms with van der Waals surface area (Å²) in [4.78, 5) is 11.2. The summed E-state index contributed by atoms with van der Waals surface area (Å²) in [6, 6.07) is 2.75. The monoisotopic (exact) mass is 182 g/mol. The van der Waals surface area contributed by atoms with E-state index in [0.717, 1.165) is 0 Å². The summed E-state index contributed by atoms with van der Waals surface area (Å²) < 4.78 is 18.0. The predicted molar refractivity (Wildman–Crippen MR) is 47.7 cm³/mol. The molecule has 70 valence electrons. The Morgan fingerprint density at radius 2 is 2.08 bits per heavy atom. The van der Waals surface area contributed by atoms with Gasteiger partial charge in [-0.3, -0.25) is 4.79 Å². The van der Waals surface area contributed by atoms with Crippen LogP contribution in [-0.4, -0.2) is 12.9 Å². The molecule has 0 aliphatic rings. The summed E-state index contributed by atoms with van der Waals surface area (Å²) in [5.74, 6) is -0.147. The molecule has 0 unspecified atom stereocenters. The third-order valence-corrected chi connectivity index (χ3v) is 1.93. The van der Waals surface area contributed by atoms with Gasteiger partial charge in [0.1, 0.15) is 11.6 Å². The maximum atomic E-state index is 13.0. The molecule has 0 amide bonds. The van der Waals surface area contributed by atoms with Gasteiger partial charge in [-0.05, 0) is 31.5 Å². The van der Waals surface area contributed by atoms with Crippen molar-refractivity contribution in [1.29, 1.82) is 0 Å². The number of ether oxygens (including phenoxy) is 1. The molecule has 0 N–H and O–H groups in total. The summed E-state index contributed by atoms with van der Waals surface area (Å²) in [5, 5.41) is 0. The maximum Gasteiger partial charge on any atom is 0.163 e. The van der Waals surface area contributed by atoms with Gasteiger partial charge in [0, 0.05) is 0 Å². The molecule has 0 bridgehead atoms. The molecular weight excluding hydrogens is 171 g/mol. The third-order valence-electron chi connectivity index (χ3n) is 1.93. The number of benzene rings is 1. The highest BCUT2D eigenvalue weighted by molar-refractivity contribution is 5.98. The highest BCUT2D eigenvalue weighted by atomic mass is 19.1. The Kier molecular flexibility index (Phi) is 2.66. The molecule has 0 aliphatic carbocycles. The van der Waals surface area contributed by atoms with E-state index in [9.17, 15) is 9.18 Å². The van der Waals surface area contributed by atoms with Crippen LogP contribution < -0.4 is 4.74 Å². The Hall–Kier alpha value is -1.38. The molecule has 2 nitrogen and oxygen atoms in total. The van der Waals surface area contributed by atoms with Crippen LogP contribution in [-0.2, 0) is 0 Å². The number of hydrogen-bond acceptors (Lipinski definition) is 2. The minimum atomic E-state index is -0.383. The lowest BCUT2D eigenvalue weighted by Crippen LogP contribution is -2.02. The fourth-order valence-electron chi connectivity index (χ4n) is 1.27. The second-order valence-electron chi connectivity index (χ2n) is 2.81. The van der Waals surface area contributed by atoms with Gasteiger partial charge < -0.3 is 4.74 Å². The minimum absolute atomic E-state index is 0.186. The smallest absolute Gasteiger partial charge is 0.163 e. The van der Waals surface area contributed by atoms with Gasteiger partial charge in [-0.1, -0.05) is 0 Å². The summed E-state index contributed by atoms with van der Waals surface area (Å²) in [6.45, 7) is 2.96. The third kappa shape index (κ3) is 1.69. The van der Waals surface area contributed by atoms with Gasteiger partial charge in [0.05, 0.1) is 12.7 Å². The number of methoxy groups -OCH3 is 1. The number of halogens is 1. The zero-order valence-electron chi connectivity index (χ0n) is 7.85. The molecule has 0 aromatic heterocycles. The first-order valence-electron chi connectivity index (χ1n) is 3.92. The Morgan fingerprint density at radius 1 is 1.46 bits per heavy atom. The van der Waals surface area contributed by atoms with Gasteiger partial charge in [0.2, 0.25) is 0 Å². The average Bonchev–Trinajstić information content (AvgIpc) is 2.08. The van der Waals surface area contributed by atoms with Crippen molar-refractivity contribution in [2.24, 2.45) is 0 Å². The van der Waals surface area contributed by atoms with E-state index >= 15 is 0 Å². The van der Waals surface area contributed by atoms with Crippen LogP contribution in [0.1, 0.15) is 22.8 Å². The van der Waals surface area contributed by atoms with Crippen LogP contribution in [0.2, 0.25) is 0 Å². The quantitative estimate of drug-likeness (QED) is 0.656. The second kappa shape index (κ2) is 3.56. The molecule has 0 heterocycles. The fraction of sp³-hybridized carbons (Fsp3) is 0.300. The molecule has 0 fully saturated rings. The van der Waals surface area contributed by atoms with Crippen molar-refractivity contribution in [3.8, 4) is 5.75 Å². The number of ketones is 1. The fourth-order valence-corrected chi connectivity index (χ4v) is 1.27. The number of carbonyl (C=O) groups is 1. The first kappa shape index (κ1) is 9.71. The molecule has 13 heavy (non-hydrogen) atoms. The molecule has 0 atom stereocenters. The summed E-state index contributed by atoms with van der Waals surface area (Å²) in [5.41, 5.74) is 0.661. The Balaban J connectivity index is 3.41. The van der Waals surface area contributed by atoms with Gasteiger partial charge in [0.25, 0.3) is 0 Å². The van der Waals surface area contributed by atoms with Crippen molar-refractivity contribution >= 4 is 5.78 Å². The van der Waals surface area contributed by atoms with Crippen LogP contribution >= 0.6 is 0 Å². The van der Waals surface area contributed by atoms with Gasteiger partial charge in [-0.15, -0.1) is 0 Å². The van der Waals surface area contributed by atoms with E-state index in [0.29, 0.717) is 16.9 Å². The van der Waals surface area contributed by atoms with E-state index in [1.54, 1.807) is 6.92 Å². The topological polar surface area (TPSA) is 26.3 Å². The standard InChI is InChI=1S/C10H11FO2/c1-6-8(11)4-5-9(13-3)10(6)7(2)12/h4-5H,1-3H3. The van der Waals surface area contributed by atoms with Crippen LogP contribution in [0.15, 0.2) is 12.1 Å². The van der Waals surface area contributed by atoms with Crippen LogP contribution in [0.4, 0.5) is 4.39 Å². The van der Waals surface area contributed by atoms with Crippen molar-refractivity contribution in [2.75, 3.05) is 7.11 Å². The van der Waals surface area contributed by atoms with Crippen molar-refractivity contribution in [3.05, 3.63) is 29.1 Å². The molecule has 1 rings (SSSR count). The van der Waals surface area contributed by atoms with Crippen molar-refractivity contribution in [3.63, 3.8) is 0 Å². The summed E-state index contributed by atoms with van der Waals surface area (Å²) in [7, 11) is 1.46. The summed E-state index contributed by atoms with van der Waals surface area (Å²) in [6.07, 6.45) is 0. The van der Waals surface area contributed by atoms with Crippen LogP contribution in [0.3, 0.4) is 0 Å². The predicted octanol–water partition coefficient (Wildman–Crippen LogP) is 2.35. The van der Waals surface area contributed by atoms with Crippen molar-refractivity contribution in [1.82, 2.24) is 0 Å². The lowest BCUT2D eigenvalue weighted by molar-refractivity contribution is 0.101. The van der Waals surface area contributed by atoms with Crippen molar-refractivity contribution < 1.29 is 13.9 Å². The number of rotatable bonds is 2. The second-order valence-corrected chi connectivity index (χ2v) is 2.81. The van der Waals surface area contributed by atoms with Gasteiger partial charge in [0.15, 0.2) is 5.78 Å². The molecular formula is C10H11FO2. The zero-order chi connectivity index (χ0) is 10.0. The first-order valence-corrected chi connectivity index (χ1v) is 3.92. The molecule has 0 aliphatic heterocycles. The highest BCUT2D eigenvalue weighted by Crippen LogP contribution is 2.24. The first-order chi connectivity index (χ1) is 6.07. The van der Waals surface area contributed by atoms with Crippen LogP contribution in [0, 0.1) is 12.7 Å². The minimum Gasteiger partial charge on any atom is -0.496 e. The van der Waals surface area contributed by atoms with Crippen molar-refractivity contribution in [2.45, 2.75) is 13.8 Å². The van der Waals surface area contributed by atoms with E-state index in [-0.39, 0.29) is 11.6 Å².